The van der Waals surface area contributed by atoms with Gasteiger partial charge in [0.25, 0.3) is 0 Å². The van der Waals surface area contributed by atoms with Gasteiger partial charge < -0.3 is 0 Å². The van der Waals surface area contributed by atoms with Gasteiger partial charge in [0.1, 0.15) is 5.82 Å². The van der Waals surface area contributed by atoms with Crippen LogP contribution in [0.4, 0.5) is 4.39 Å². The van der Waals surface area contributed by atoms with E-state index in [2.05, 4.69) is 0 Å². The molecule has 1 aromatic carbocycles. The third-order valence-electron chi connectivity index (χ3n) is 1.18. The first-order chi connectivity index (χ1) is 5.15. The van der Waals surface area contributed by atoms with E-state index in [9.17, 15) is 4.39 Å². The van der Waals surface area contributed by atoms with Gasteiger partial charge in [0.2, 0.25) is 0 Å². The molecule has 0 bridgehead atoms. The molecule has 0 radical (unpaired) electrons. The van der Waals surface area contributed by atoms with Gasteiger partial charge in [0, 0.05) is 4.90 Å². The van der Waals surface area contributed by atoms with Crippen molar-refractivity contribution in [3.8, 4) is 0 Å². The minimum atomic E-state index is -0.358. The third-order valence-corrected chi connectivity index (χ3v) is 2.86. The van der Waals surface area contributed by atoms with E-state index >= 15 is 0 Å². The lowest BCUT2D eigenvalue weighted by Crippen LogP contribution is -1.79. The molecule has 0 aliphatic rings. The summed E-state index contributed by atoms with van der Waals surface area (Å²) in [5.74, 6) is -0.358. The molecule has 0 amide bonds. The summed E-state index contributed by atoms with van der Waals surface area (Å²) in [6.45, 7) is 0. The highest BCUT2D eigenvalue weighted by Crippen LogP contribution is 2.32. The van der Waals surface area contributed by atoms with E-state index in [1.54, 1.807) is 0 Å². The van der Waals surface area contributed by atoms with Crippen molar-refractivity contribution < 1.29 is 4.39 Å². The molecular weight excluding hydrogens is 206 g/mol. The SMILES string of the molecule is CSc1cc(F)cc(Cl)c1Cl. The van der Waals surface area contributed by atoms with Crippen LogP contribution in [0.1, 0.15) is 0 Å². The number of hydrogen-bond acceptors (Lipinski definition) is 1. The molecule has 0 aromatic heterocycles. The Bertz CT molecular complexity index is 275. The average Bonchev–Trinajstić information content (AvgIpc) is 1.96. The van der Waals surface area contributed by atoms with E-state index < -0.39 is 0 Å². The van der Waals surface area contributed by atoms with Crippen molar-refractivity contribution in [2.75, 3.05) is 6.26 Å². The van der Waals surface area contributed by atoms with Crippen LogP contribution >= 0.6 is 35.0 Å². The molecule has 0 nitrogen and oxygen atoms in total. The van der Waals surface area contributed by atoms with Crippen molar-refractivity contribution in [3.63, 3.8) is 0 Å². The summed E-state index contributed by atoms with van der Waals surface area (Å²) in [7, 11) is 0. The van der Waals surface area contributed by atoms with E-state index in [1.807, 2.05) is 6.26 Å². The van der Waals surface area contributed by atoms with Gasteiger partial charge in [-0.05, 0) is 18.4 Å². The first-order valence-corrected chi connectivity index (χ1v) is 4.81. The maximum atomic E-state index is 12.6. The summed E-state index contributed by atoms with van der Waals surface area (Å²) >= 11 is 12.7. The number of thioether (sulfide) groups is 1. The zero-order chi connectivity index (χ0) is 8.43. The van der Waals surface area contributed by atoms with Crippen molar-refractivity contribution >= 4 is 35.0 Å². The molecule has 60 valence electrons. The van der Waals surface area contributed by atoms with Crippen LogP contribution in [0.3, 0.4) is 0 Å². The molecule has 0 aliphatic heterocycles. The van der Waals surface area contributed by atoms with E-state index in [0.29, 0.717) is 9.92 Å². The number of rotatable bonds is 1. The second-order valence-corrected chi connectivity index (χ2v) is 3.54. The van der Waals surface area contributed by atoms with Crippen LogP contribution in [0.15, 0.2) is 17.0 Å². The van der Waals surface area contributed by atoms with Crippen LogP contribution in [0.5, 0.6) is 0 Å². The lowest BCUT2D eigenvalue weighted by Gasteiger charge is -2.01. The summed E-state index contributed by atoms with van der Waals surface area (Å²) in [6, 6.07) is 2.56. The van der Waals surface area contributed by atoms with Gasteiger partial charge >= 0.3 is 0 Å². The zero-order valence-corrected chi connectivity index (χ0v) is 8.03. The molecule has 4 heteroatoms. The maximum absolute atomic E-state index is 12.6. The van der Waals surface area contributed by atoms with Crippen LogP contribution in [0, 0.1) is 5.82 Å². The zero-order valence-electron chi connectivity index (χ0n) is 5.70. The Hall–Kier alpha value is 0.0800. The standard InChI is InChI=1S/C7H5Cl2FS/c1-11-6-3-4(10)2-5(8)7(6)9/h2-3H,1H3. The average molecular weight is 211 g/mol. The summed E-state index contributed by atoms with van der Waals surface area (Å²) in [5, 5.41) is 0.677. The van der Waals surface area contributed by atoms with Gasteiger partial charge in [-0.15, -0.1) is 11.8 Å². The Morgan fingerprint density at radius 3 is 2.55 bits per heavy atom. The van der Waals surface area contributed by atoms with Crippen LogP contribution in [-0.4, -0.2) is 6.26 Å². The quantitative estimate of drug-likeness (QED) is 0.502. The second kappa shape index (κ2) is 3.65. The van der Waals surface area contributed by atoms with Crippen LogP contribution < -0.4 is 0 Å². The van der Waals surface area contributed by atoms with Crippen LogP contribution in [0.2, 0.25) is 10.0 Å². The molecule has 11 heavy (non-hydrogen) atoms. The monoisotopic (exact) mass is 210 g/mol. The minimum absolute atomic E-state index is 0.260. The molecule has 0 heterocycles. The highest BCUT2D eigenvalue weighted by molar-refractivity contribution is 7.98. The number of halogens is 3. The van der Waals surface area contributed by atoms with Crippen molar-refractivity contribution in [1.29, 1.82) is 0 Å². The summed E-state index contributed by atoms with van der Waals surface area (Å²) in [5.41, 5.74) is 0. The molecule has 0 fully saturated rings. The van der Waals surface area contributed by atoms with E-state index in [0.717, 1.165) is 0 Å². The molecule has 1 rings (SSSR count). The molecule has 0 spiro atoms. The molecule has 0 aliphatic carbocycles. The number of hydrogen-bond donors (Lipinski definition) is 0. The van der Waals surface area contributed by atoms with Crippen molar-refractivity contribution in [1.82, 2.24) is 0 Å². The molecule has 1 aromatic rings. The fraction of sp³-hybridized carbons (Fsp3) is 0.143. The number of benzene rings is 1. The summed E-state index contributed by atoms with van der Waals surface area (Å²) in [4.78, 5) is 0.664. The molecule has 0 unspecified atom stereocenters. The van der Waals surface area contributed by atoms with Crippen molar-refractivity contribution in [3.05, 3.63) is 28.0 Å². The molecule has 0 saturated carbocycles. The lowest BCUT2D eigenvalue weighted by atomic mass is 10.3. The molecular formula is C7H5Cl2FS. The van der Waals surface area contributed by atoms with Crippen molar-refractivity contribution in [2.24, 2.45) is 0 Å². The first-order valence-electron chi connectivity index (χ1n) is 2.83. The third kappa shape index (κ3) is 2.01. The first kappa shape index (κ1) is 9.17. The second-order valence-electron chi connectivity index (χ2n) is 1.90. The normalized spacial score (nSPS) is 10.2. The van der Waals surface area contributed by atoms with E-state index in [1.165, 1.54) is 23.9 Å². The van der Waals surface area contributed by atoms with Gasteiger partial charge in [0.15, 0.2) is 0 Å². The smallest absolute Gasteiger partial charge is 0.125 e. The molecule has 0 atom stereocenters. The fourth-order valence-corrected chi connectivity index (χ4v) is 1.80. The molecule has 0 saturated heterocycles. The Labute approximate surface area is 78.7 Å². The van der Waals surface area contributed by atoms with Gasteiger partial charge in [-0.1, -0.05) is 23.2 Å². The fourth-order valence-electron chi connectivity index (χ4n) is 0.681. The highest BCUT2D eigenvalue weighted by atomic mass is 35.5. The summed E-state index contributed by atoms with van der Waals surface area (Å²) < 4.78 is 12.6. The Morgan fingerprint density at radius 2 is 2.00 bits per heavy atom. The van der Waals surface area contributed by atoms with Gasteiger partial charge in [-0.25, -0.2) is 4.39 Å². The predicted molar refractivity (Wildman–Crippen MR) is 48.2 cm³/mol. The van der Waals surface area contributed by atoms with Crippen LogP contribution in [-0.2, 0) is 0 Å². The maximum Gasteiger partial charge on any atom is 0.125 e. The van der Waals surface area contributed by atoms with E-state index in [-0.39, 0.29) is 10.8 Å². The Morgan fingerprint density at radius 1 is 1.36 bits per heavy atom. The highest BCUT2D eigenvalue weighted by Gasteiger charge is 2.05. The lowest BCUT2D eigenvalue weighted by molar-refractivity contribution is 0.624. The predicted octanol–water partition coefficient (Wildman–Crippen LogP) is 3.85. The van der Waals surface area contributed by atoms with E-state index in [4.69, 9.17) is 23.2 Å². The molecule has 0 N–H and O–H groups in total. The van der Waals surface area contributed by atoms with Crippen molar-refractivity contribution in [2.45, 2.75) is 4.90 Å². The van der Waals surface area contributed by atoms with Gasteiger partial charge in [-0.3, -0.25) is 0 Å². The topological polar surface area (TPSA) is 0 Å². The minimum Gasteiger partial charge on any atom is -0.207 e. The Balaban J connectivity index is 3.24. The van der Waals surface area contributed by atoms with Gasteiger partial charge in [0.05, 0.1) is 10.0 Å². The van der Waals surface area contributed by atoms with Crippen LogP contribution in [0.25, 0.3) is 0 Å². The Kier molecular flexibility index (Phi) is 3.05. The largest absolute Gasteiger partial charge is 0.207 e. The summed E-state index contributed by atoms with van der Waals surface area (Å²) in [6.07, 6.45) is 1.82. The van der Waals surface area contributed by atoms with Gasteiger partial charge in [-0.2, -0.15) is 0 Å².